The Morgan fingerprint density at radius 2 is 1.41 bits per heavy atom. The number of guanidine groups is 1. The van der Waals surface area contributed by atoms with Crippen LogP contribution in [0.25, 0.3) is 0 Å². The van der Waals surface area contributed by atoms with Crippen molar-refractivity contribution in [2.45, 2.75) is 108 Å². The number of nitrogens with zero attached hydrogens (tertiary/aromatic N) is 1. The van der Waals surface area contributed by atoms with Crippen LogP contribution in [0.4, 0.5) is 0 Å². The molecule has 2 rings (SSSR count). The number of hydrogen-bond donors (Lipinski definition) is 13. The van der Waals surface area contributed by atoms with E-state index in [0.29, 0.717) is 37.8 Å². The monoisotopic (exact) mass is 818 g/mol. The SMILES string of the molecule is CC(C)C[C@H](NC(=O)[C@@H](CCCCN)NC(=O)[C@H](Cc1ccc(O)cc1)NC(=O)[C@@H](N)CO)C(=O)N[C@@H](CCCNC(=N)N)C(=O)N1CCC[C@H]1C(=O)NCC(N)=O. The van der Waals surface area contributed by atoms with E-state index in [0.717, 1.165) is 0 Å². The Morgan fingerprint density at radius 1 is 0.828 bits per heavy atom. The third-order valence-electron chi connectivity index (χ3n) is 9.34. The van der Waals surface area contributed by atoms with Crippen LogP contribution < -0.4 is 54.8 Å². The van der Waals surface area contributed by atoms with Crippen LogP contribution in [0.1, 0.15) is 70.8 Å². The molecule has 1 aliphatic heterocycles. The van der Waals surface area contributed by atoms with Gasteiger partial charge >= 0.3 is 0 Å². The fourth-order valence-electron chi connectivity index (χ4n) is 6.30. The minimum atomic E-state index is -1.33. The number of carbonyl (C=O) groups excluding carboxylic acids is 7. The lowest BCUT2D eigenvalue weighted by Crippen LogP contribution is -2.60. The molecule has 0 radical (unpaired) electrons. The van der Waals surface area contributed by atoms with Gasteiger partial charge in [-0.25, -0.2) is 0 Å². The summed E-state index contributed by atoms with van der Waals surface area (Å²) in [7, 11) is 0. The van der Waals surface area contributed by atoms with Crippen LogP contribution in [0.5, 0.6) is 5.75 Å². The Morgan fingerprint density at radius 3 is 2.02 bits per heavy atom. The Labute approximate surface area is 338 Å². The van der Waals surface area contributed by atoms with Gasteiger partial charge in [-0.1, -0.05) is 26.0 Å². The lowest BCUT2D eigenvalue weighted by molar-refractivity contribution is -0.142. The average molecular weight is 819 g/mol. The second-order valence-electron chi connectivity index (χ2n) is 14.7. The number of phenolic OH excluding ortho intramolecular Hbond substituents is 1. The van der Waals surface area contributed by atoms with Crippen LogP contribution in [-0.2, 0) is 40.0 Å². The minimum Gasteiger partial charge on any atom is -0.508 e. The normalized spacial score (nSPS) is 16.2. The van der Waals surface area contributed by atoms with E-state index >= 15 is 0 Å². The van der Waals surface area contributed by atoms with E-state index in [4.69, 9.17) is 28.3 Å². The number of aromatic hydroxyl groups is 1. The van der Waals surface area contributed by atoms with E-state index in [1.165, 1.54) is 17.0 Å². The molecule has 0 aliphatic carbocycles. The summed E-state index contributed by atoms with van der Waals surface area (Å²) >= 11 is 0. The number of nitrogens with one attached hydrogen (secondary N) is 7. The summed E-state index contributed by atoms with van der Waals surface area (Å²) < 4.78 is 0. The Balaban J connectivity index is 2.36. The lowest BCUT2D eigenvalue weighted by atomic mass is 10.00. The quantitative estimate of drug-likeness (QED) is 0.0256. The van der Waals surface area contributed by atoms with E-state index in [2.05, 4.69) is 31.9 Å². The Kier molecular flexibility index (Phi) is 20.9. The highest BCUT2D eigenvalue weighted by molar-refractivity contribution is 5.97. The molecule has 0 aromatic heterocycles. The summed E-state index contributed by atoms with van der Waals surface area (Å²) in [5.74, 6) is -5.29. The van der Waals surface area contributed by atoms with Crippen molar-refractivity contribution < 1.29 is 43.8 Å². The molecule has 0 spiro atoms. The van der Waals surface area contributed by atoms with Crippen LogP contribution in [0.15, 0.2) is 24.3 Å². The molecule has 6 atom stereocenters. The largest absolute Gasteiger partial charge is 0.508 e. The van der Waals surface area contributed by atoms with Gasteiger partial charge in [0.05, 0.1) is 13.2 Å². The van der Waals surface area contributed by atoms with Crippen molar-refractivity contribution in [3.05, 3.63) is 29.8 Å². The maximum atomic E-state index is 14.0. The lowest BCUT2D eigenvalue weighted by Gasteiger charge is -2.30. The second-order valence-corrected chi connectivity index (χ2v) is 14.7. The van der Waals surface area contributed by atoms with E-state index in [-0.39, 0.29) is 62.8 Å². The molecule has 7 amide bonds. The molecule has 324 valence electrons. The zero-order valence-electron chi connectivity index (χ0n) is 33.3. The molecule has 58 heavy (non-hydrogen) atoms. The number of primary amides is 1. The molecule has 21 nitrogen and oxygen atoms in total. The van der Waals surface area contributed by atoms with Crippen molar-refractivity contribution in [3.8, 4) is 5.75 Å². The predicted molar refractivity (Wildman–Crippen MR) is 213 cm³/mol. The summed E-state index contributed by atoms with van der Waals surface area (Å²) in [4.78, 5) is 94.0. The number of aliphatic hydroxyl groups excluding tert-OH is 1. The van der Waals surface area contributed by atoms with Gasteiger partial charge in [-0.2, -0.15) is 0 Å². The van der Waals surface area contributed by atoms with Gasteiger partial charge in [0.15, 0.2) is 5.96 Å². The van der Waals surface area contributed by atoms with Crippen LogP contribution in [-0.4, -0.2) is 131 Å². The first-order chi connectivity index (χ1) is 27.5. The highest BCUT2D eigenvalue weighted by atomic mass is 16.3. The molecule has 1 aromatic rings. The first-order valence-corrected chi connectivity index (χ1v) is 19.5. The molecule has 1 aromatic carbocycles. The van der Waals surface area contributed by atoms with Crippen molar-refractivity contribution in [3.63, 3.8) is 0 Å². The fraction of sp³-hybridized carbons (Fsp3) is 0.622. The number of carbonyl (C=O) groups is 7. The standard InChI is InChI=1S/C37H62N12O9/c1-21(2)17-27(33(55)46-26(8-5-15-43-37(41)42)36(58)49-16-6-9-29(49)35(57)44-19-30(40)52)48-32(54)25(7-3-4-14-38)45-34(56)28(47-31(53)24(39)20-50)18-22-10-12-23(51)13-11-22/h10-13,21,24-29,50-51H,3-9,14-20,38-39H2,1-2H3,(H2,40,52)(H,44,57)(H,45,56)(H,46,55)(H,47,53)(H,48,54)(H4,41,42,43)/t24-,25+,26-,27-,28-,29-/m0/s1. The summed E-state index contributed by atoms with van der Waals surface area (Å²) in [6.45, 7) is 3.28. The van der Waals surface area contributed by atoms with Crippen molar-refractivity contribution in [1.29, 1.82) is 5.41 Å². The number of rotatable bonds is 25. The van der Waals surface area contributed by atoms with E-state index in [9.17, 15) is 43.8 Å². The smallest absolute Gasteiger partial charge is 0.245 e. The van der Waals surface area contributed by atoms with Crippen LogP contribution in [0.3, 0.4) is 0 Å². The number of hydrogen-bond acceptors (Lipinski definition) is 12. The van der Waals surface area contributed by atoms with E-state index in [1.54, 1.807) is 12.1 Å². The van der Waals surface area contributed by atoms with E-state index in [1.807, 2.05) is 13.8 Å². The molecular formula is C37H62N12O9. The number of benzene rings is 1. The molecule has 0 bridgehead atoms. The number of aliphatic hydroxyl groups is 1. The average Bonchev–Trinajstić information content (AvgIpc) is 3.67. The summed E-state index contributed by atoms with van der Waals surface area (Å²) in [6.07, 6.45) is 2.27. The number of nitrogens with two attached hydrogens (primary N) is 4. The second kappa shape index (κ2) is 25.0. The highest BCUT2D eigenvalue weighted by Crippen LogP contribution is 2.20. The van der Waals surface area contributed by atoms with Crippen molar-refractivity contribution in [2.75, 3.05) is 32.8 Å². The Hall–Kier alpha value is -5.54. The maximum absolute atomic E-state index is 14.0. The van der Waals surface area contributed by atoms with Gasteiger partial charge in [-0.15, -0.1) is 0 Å². The molecule has 0 saturated carbocycles. The first kappa shape index (κ1) is 48.6. The predicted octanol–water partition coefficient (Wildman–Crippen LogP) is -3.78. The van der Waals surface area contributed by atoms with Crippen LogP contribution in [0, 0.1) is 11.3 Å². The summed E-state index contributed by atoms with van der Waals surface area (Å²) in [5.41, 5.74) is 22.5. The molecule has 1 fully saturated rings. The van der Waals surface area contributed by atoms with Crippen molar-refractivity contribution >= 4 is 47.3 Å². The number of phenols is 1. The third kappa shape index (κ3) is 16.9. The first-order valence-electron chi connectivity index (χ1n) is 19.5. The van der Waals surface area contributed by atoms with Gasteiger partial charge in [0.25, 0.3) is 0 Å². The zero-order chi connectivity index (χ0) is 43.4. The zero-order valence-corrected chi connectivity index (χ0v) is 33.3. The molecule has 0 unspecified atom stereocenters. The minimum absolute atomic E-state index is 0.0156. The van der Waals surface area contributed by atoms with Crippen molar-refractivity contribution in [1.82, 2.24) is 36.8 Å². The topological polar surface area (TPSA) is 363 Å². The number of likely N-dealkylation sites (tertiary alicyclic amines) is 1. The van der Waals surface area contributed by atoms with Crippen molar-refractivity contribution in [2.24, 2.45) is 28.9 Å². The Bertz CT molecular complexity index is 1560. The van der Waals surface area contributed by atoms with E-state index < -0.39 is 90.8 Å². The molecule has 1 aliphatic rings. The summed E-state index contributed by atoms with van der Waals surface area (Å²) in [5, 5.41) is 42.3. The van der Waals surface area contributed by atoms with Gasteiger partial charge < -0.3 is 69.9 Å². The van der Waals surface area contributed by atoms with Gasteiger partial charge in [0, 0.05) is 19.5 Å². The molecule has 1 heterocycles. The van der Waals surface area contributed by atoms with Crippen LogP contribution >= 0.6 is 0 Å². The third-order valence-corrected chi connectivity index (χ3v) is 9.34. The molecule has 21 heteroatoms. The highest BCUT2D eigenvalue weighted by Gasteiger charge is 2.39. The fourth-order valence-corrected chi connectivity index (χ4v) is 6.30. The van der Waals surface area contributed by atoms with Gasteiger partial charge in [-0.05, 0) is 81.5 Å². The van der Waals surface area contributed by atoms with Gasteiger partial charge in [-0.3, -0.25) is 39.0 Å². The molecule has 17 N–H and O–H groups in total. The van der Waals surface area contributed by atoms with Gasteiger partial charge in [0.2, 0.25) is 41.4 Å². The van der Waals surface area contributed by atoms with Crippen LogP contribution in [0.2, 0.25) is 0 Å². The maximum Gasteiger partial charge on any atom is 0.245 e. The summed E-state index contributed by atoms with van der Waals surface area (Å²) in [6, 6.07) is -1.13. The number of amides is 7. The van der Waals surface area contributed by atoms with Gasteiger partial charge in [0.1, 0.15) is 42.0 Å². The number of unbranched alkanes of at least 4 members (excludes halogenated alkanes) is 1. The molecule has 1 saturated heterocycles. The molecular weight excluding hydrogens is 756 g/mol.